The Bertz CT molecular complexity index is 670. The van der Waals surface area contributed by atoms with Crippen LogP contribution in [0.3, 0.4) is 0 Å². The molecule has 1 aliphatic rings. The number of anilines is 1. The lowest BCUT2D eigenvalue weighted by molar-refractivity contribution is 0.102. The summed E-state index contributed by atoms with van der Waals surface area (Å²) in [6.07, 6.45) is 5.24. The quantitative estimate of drug-likeness (QED) is 0.843. The van der Waals surface area contributed by atoms with Crippen molar-refractivity contribution >= 4 is 46.1 Å². The van der Waals surface area contributed by atoms with Crippen LogP contribution < -0.4 is 11.1 Å². The van der Waals surface area contributed by atoms with Gasteiger partial charge in [0.05, 0.1) is 10.7 Å². The van der Waals surface area contributed by atoms with Crippen molar-refractivity contribution in [2.45, 2.75) is 39.0 Å². The monoisotopic (exact) mass is 372 g/mol. The molecule has 0 bridgehead atoms. The molecule has 8 heteroatoms. The summed E-state index contributed by atoms with van der Waals surface area (Å²) in [6, 6.07) is 0. The standard InChI is InChI=1S/C15H20N4OS2.ClH/c1-2-9-3-4-10-12(7-9)22-15(18-10)19-14(20)11-8-21-13(17-11)5-6-16;/h8-9H,2-7,16H2,1H3,(H,18,19,20);1H. The molecule has 3 N–H and O–H groups in total. The van der Waals surface area contributed by atoms with Crippen molar-refractivity contribution in [1.29, 1.82) is 0 Å². The summed E-state index contributed by atoms with van der Waals surface area (Å²) < 4.78 is 0. The molecule has 0 spiro atoms. The molecule has 126 valence electrons. The first-order valence-electron chi connectivity index (χ1n) is 7.64. The van der Waals surface area contributed by atoms with Crippen LogP contribution >= 0.6 is 35.1 Å². The van der Waals surface area contributed by atoms with E-state index in [0.29, 0.717) is 23.8 Å². The van der Waals surface area contributed by atoms with Crippen molar-refractivity contribution in [3.8, 4) is 0 Å². The van der Waals surface area contributed by atoms with E-state index in [2.05, 4.69) is 22.2 Å². The van der Waals surface area contributed by atoms with Crippen molar-refractivity contribution < 1.29 is 4.79 Å². The van der Waals surface area contributed by atoms with Gasteiger partial charge in [-0.15, -0.1) is 35.1 Å². The molecule has 2 heterocycles. The topological polar surface area (TPSA) is 80.9 Å². The number of nitrogens with zero attached hydrogens (tertiary/aromatic N) is 2. The maximum atomic E-state index is 12.2. The molecule has 2 aromatic heterocycles. The molecule has 0 radical (unpaired) electrons. The molecule has 1 atom stereocenters. The summed E-state index contributed by atoms with van der Waals surface area (Å²) in [5.41, 5.74) is 7.12. The average Bonchev–Trinajstić information content (AvgIpc) is 3.12. The lowest BCUT2D eigenvalue weighted by atomic mass is 9.89. The third kappa shape index (κ3) is 4.29. The minimum atomic E-state index is -0.183. The lowest BCUT2D eigenvalue weighted by Crippen LogP contribution is -2.13. The number of nitrogens with one attached hydrogen (secondary N) is 1. The molecule has 0 aromatic carbocycles. The molecule has 5 nitrogen and oxygen atoms in total. The molecule has 0 saturated carbocycles. The van der Waals surface area contributed by atoms with Gasteiger partial charge in [-0.3, -0.25) is 10.1 Å². The highest BCUT2D eigenvalue weighted by Gasteiger charge is 2.22. The van der Waals surface area contributed by atoms with E-state index in [0.717, 1.165) is 29.5 Å². The van der Waals surface area contributed by atoms with Crippen molar-refractivity contribution in [2.75, 3.05) is 11.9 Å². The molecule has 0 fully saturated rings. The highest BCUT2D eigenvalue weighted by Crippen LogP contribution is 2.33. The van der Waals surface area contributed by atoms with Gasteiger partial charge in [0.2, 0.25) is 0 Å². The zero-order chi connectivity index (χ0) is 15.5. The predicted octanol–water partition coefficient (Wildman–Crippen LogP) is 3.29. The second-order valence-corrected chi connectivity index (χ2v) is 7.55. The fourth-order valence-corrected chi connectivity index (χ4v) is 4.57. The van der Waals surface area contributed by atoms with Gasteiger partial charge in [-0.2, -0.15) is 0 Å². The molecule has 2 aromatic rings. The van der Waals surface area contributed by atoms with E-state index in [1.807, 2.05) is 0 Å². The van der Waals surface area contributed by atoms with E-state index >= 15 is 0 Å². The summed E-state index contributed by atoms with van der Waals surface area (Å²) in [7, 11) is 0. The number of fused-ring (bicyclic) bond motifs is 1. The summed E-state index contributed by atoms with van der Waals surface area (Å²) >= 11 is 3.08. The number of hydrogen-bond acceptors (Lipinski definition) is 6. The lowest BCUT2D eigenvalue weighted by Gasteiger charge is -2.18. The van der Waals surface area contributed by atoms with Crippen LogP contribution in [0.4, 0.5) is 5.13 Å². The van der Waals surface area contributed by atoms with Gasteiger partial charge >= 0.3 is 0 Å². The molecule has 1 amide bonds. The summed E-state index contributed by atoms with van der Waals surface area (Å²) in [5, 5.41) is 6.26. The zero-order valence-electron chi connectivity index (χ0n) is 13.0. The molecule has 1 aliphatic carbocycles. The normalized spacial score (nSPS) is 16.5. The van der Waals surface area contributed by atoms with Gasteiger partial charge in [-0.05, 0) is 31.7 Å². The minimum Gasteiger partial charge on any atom is -0.330 e. The first-order valence-corrected chi connectivity index (χ1v) is 9.33. The first kappa shape index (κ1) is 18.3. The Balaban J connectivity index is 0.00000192. The van der Waals surface area contributed by atoms with Gasteiger partial charge in [0.1, 0.15) is 5.69 Å². The highest BCUT2D eigenvalue weighted by atomic mass is 35.5. The number of aromatic nitrogens is 2. The fraction of sp³-hybridized carbons (Fsp3) is 0.533. The minimum absolute atomic E-state index is 0. The van der Waals surface area contributed by atoms with E-state index < -0.39 is 0 Å². The highest BCUT2D eigenvalue weighted by molar-refractivity contribution is 7.16. The van der Waals surface area contributed by atoms with Gasteiger partial charge in [0.25, 0.3) is 5.91 Å². The largest absolute Gasteiger partial charge is 0.330 e. The van der Waals surface area contributed by atoms with Gasteiger partial charge in [-0.25, -0.2) is 9.97 Å². The smallest absolute Gasteiger partial charge is 0.276 e. The molecule has 1 unspecified atom stereocenters. The van der Waals surface area contributed by atoms with Crippen LogP contribution in [-0.4, -0.2) is 22.4 Å². The van der Waals surface area contributed by atoms with Gasteiger partial charge in [0, 0.05) is 16.7 Å². The van der Waals surface area contributed by atoms with Crippen molar-refractivity contribution in [2.24, 2.45) is 11.7 Å². The van der Waals surface area contributed by atoms with Crippen LogP contribution in [0, 0.1) is 5.92 Å². The van der Waals surface area contributed by atoms with E-state index in [4.69, 9.17) is 5.73 Å². The van der Waals surface area contributed by atoms with Gasteiger partial charge < -0.3 is 5.73 Å². The summed E-state index contributed by atoms with van der Waals surface area (Å²) in [6.45, 7) is 2.78. The second-order valence-electron chi connectivity index (χ2n) is 5.53. The Morgan fingerprint density at radius 3 is 3.04 bits per heavy atom. The Morgan fingerprint density at radius 1 is 1.48 bits per heavy atom. The Labute approximate surface area is 150 Å². The number of amides is 1. The van der Waals surface area contributed by atoms with Crippen LogP contribution in [0.15, 0.2) is 5.38 Å². The molecule has 3 rings (SSSR count). The number of aryl methyl sites for hydroxylation is 1. The number of halogens is 1. The van der Waals surface area contributed by atoms with Crippen molar-refractivity contribution in [3.05, 3.63) is 26.7 Å². The second kappa shape index (κ2) is 8.19. The first-order chi connectivity index (χ1) is 10.7. The molecule has 0 aliphatic heterocycles. The molecule has 23 heavy (non-hydrogen) atoms. The zero-order valence-corrected chi connectivity index (χ0v) is 15.5. The van der Waals surface area contributed by atoms with E-state index in [9.17, 15) is 4.79 Å². The number of carbonyl (C=O) groups is 1. The molecule has 0 saturated heterocycles. The number of thiazole rings is 2. The Kier molecular flexibility index (Phi) is 6.52. The summed E-state index contributed by atoms with van der Waals surface area (Å²) in [4.78, 5) is 22.4. The van der Waals surface area contributed by atoms with Crippen LogP contribution in [0.25, 0.3) is 0 Å². The van der Waals surface area contributed by atoms with Crippen LogP contribution in [-0.2, 0) is 19.3 Å². The Hall–Kier alpha value is -1.02. The fourth-order valence-electron chi connectivity index (χ4n) is 2.66. The maximum Gasteiger partial charge on any atom is 0.276 e. The van der Waals surface area contributed by atoms with Crippen molar-refractivity contribution in [3.63, 3.8) is 0 Å². The number of hydrogen-bond donors (Lipinski definition) is 2. The number of nitrogens with two attached hydrogens (primary N) is 1. The number of rotatable bonds is 5. The molecular weight excluding hydrogens is 352 g/mol. The third-order valence-corrected chi connectivity index (χ3v) is 5.93. The summed E-state index contributed by atoms with van der Waals surface area (Å²) in [5.74, 6) is 0.575. The molecular formula is C15H21ClN4OS2. The van der Waals surface area contributed by atoms with E-state index in [1.54, 1.807) is 16.7 Å². The van der Waals surface area contributed by atoms with Crippen LogP contribution in [0.2, 0.25) is 0 Å². The van der Waals surface area contributed by atoms with Gasteiger partial charge in [0.15, 0.2) is 5.13 Å². The number of carbonyl (C=O) groups excluding carboxylic acids is 1. The van der Waals surface area contributed by atoms with Crippen molar-refractivity contribution in [1.82, 2.24) is 9.97 Å². The predicted molar refractivity (Wildman–Crippen MR) is 98.0 cm³/mol. The SMILES string of the molecule is CCC1CCc2nc(NC(=O)c3csc(CCN)n3)sc2C1.Cl. The van der Waals surface area contributed by atoms with E-state index in [1.165, 1.54) is 29.1 Å². The van der Waals surface area contributed by atoms with Gasteiger partial charge in [-0.1, -0.05) is 13.3 Å². The van der Waals surface area contributed by atoms with Crippen LogP contribution in [0.5, 0.6) is 0 Å². The third-order valence-electron chi connectivity index (χ3n) is 3.98. The van der Waals surface area contributed by atoms with Crippen LogP contribution in [0.1, 0.15) is 45.8 Å². The Morgan fingerprint density at radius 2 is 2.30 bits per heavy atom. The average molecular weight is 373 g/mol. The van der Waals surface area contributed by atoms with E-state index in [-0.39, 0.29) is 18.3 Å². The maximum absolute atomic E-state index is 12.2.